The van der Waals surface area contributed by atoms with Gasteiger partial charge in [-0.1, -0.05) is 36.3 Å². The number of para-hydroxylation sites is 2. The molecule has 1 aliphatic rings. The number of halogens is 1. The van der Waals surface area contributed by atoms with Crippen molar-refractivity contribution in [1.82, 2.24) is 9.88 Å². The zero-order valence-corrected chi connectivity index (χ0v) is 15.9. The molecule has 5 nitrogen and oxygen atoms in total. The summed E-state index contributed by atoms with van der Waals surface area (Å²) >= 11 is 5.11. The summed E-state index contributed by atoms with van der Waals surface area (Å²) in [6.07, 6.45) is 8.69. The highest BCUT2D eigenvalue weighted by Crippen LogP contribution is 2.27. The lowest BCUT2D eigenvalue weighted by molar-refractivity contribution is -0.122. The largest absolute Gasteiger partial charge is 0.335 e. The van der Waals surface area contributed by atoms with Gasteiger partial charge in [-0.05, 0) is 36.5 Å². The molecule has 0 radical (unpaired) electrons. The zero-order chi connectivity index (χ0) is 20.5. The molecule has 0 spiro atoms. The van der Waals surface area contributed by atoms with Gasteiger partial charge in [0.2, 0.25) is 0 Å². The Labute approximate surface area is 171 Å². The van der Waals surface area contributed by atoms with Crippen LogP contribution in [0.15, 0.2) is 60.3 Å². The molecule has 0 aliphatic carbocycles. The van der Waals surface area contributed by atoms with E-state index in [1.807, 2.05) is 28.8 Å². The fourth-order valence-corrected chi connectivity index (χ4v) is 3.56. The molecule has 2 aromatic carbocycles. The molecular formula is C22H14FN3O2S. The Bertz CT molecular complexity index is 1250. The fourth-order valence-electron chi connectivity index (χ4n) is 3.28. The number of nitrogens with one attached hydrogen (secondary N) is 1. The molecular weight excluding hydrogens is 389 g/mol. The maximum atomic E-state index is 14.3. The summed E-state index contributed by atoms with van der Waals surface area (Å²) in [6.45, 7) is 0.343. The van der Waals surface area contributed by atoms with E-state index in [1.165, 1.54) is 24.3 Å². The normalized spacial score (nSPS) is 15.7. The van der Waals surface area contributed by atoms with Gasteiger partial charge in [-0.3, -0.25) is 14.9 Å². The Hall–Kier alpha value is -3.76. The van der Waals surface area contributed by atoms with Crippen molar-refractivity contribution >= 4 is 51.8 Å². The lowest BCUT2D eigenvalue weighted by Gasteiger charge is -2.29. The van der Waals surface area contributed by atoms with Gasteiger partial charge in [0, 0.05) is 22.7 Å². The molecule has 0 bridgehead atoms. The zero-order valence-electron chi connectivity index (χ0n) is 15.1. The molecule has 29 heavy (non-hydrogen) atoms. The predicted octanol–water partition coefficient (Wildman–Crippen LogP) is 3.24. The van der Waals surface area contributed by atoms with Gasteiger partial charge < -0.3 is 4.57 Å². The van der Waals surface area contributed by atoms with Crippen molar-refractivity contribution in [2.75, 3.05) is 4.90 Å². The number of terminal acetylenes is 1. The highest BCUT2D eigenvalue weighted by molar-refractivity contribution is 7.80. The minimum Gasteiger partial charge on any atom is -0.335 e. The van der Waals surface area contributed by atoms with Crippen LogP contribution in [-0.2, 0) is 16.1 Å². The summed E-state index contributed by atoms with van der Waals surface area (Å²) in [5, 5.41) is 3.12. The first-order chi connectivity index (χ1) is 14.0. The highest BCUT2D eigenvalue weighted by atomic mass is 32.1. The number of benzene rings is 2. The van der Waals surface area contributed by atoms with E-state index in [0.29, 0.717) is 12.1 Å². The molecule has 2 heterocycles. The lowest BCUT2D eigenvalue weighted by Crippen LogP contribution is -2.54. The van der Waals surface area contributed by atoms with Crippen LogP contribution in [0.2, 0.25) is 0 Å². The maximum Gasteiger partial charge on any atom is 0.270 e. The molecule has 0 atom stereocenters. The Morgan fingerprint density at radius 3 is 2.62 bits per heavy atom. The average Bonchev–Trinajstić information content (AvgIpc) is 3.04. The number of rotatable bonds is 3. The van der Waals surface area contributed by atoms with Gasteiger partial charge in [0.25, 0.3) is 11.8 Å². The van der Waals surface area contributed by atoms with E-state index >= 15 is 0 Å². The molecule has 142 valence electrons. The van der Waals surface area contributed by atoms with E-state index in [1.54, 1.807) is 12.3 Å². The number of nitrogens with zero attached hydrogens (tertiary/aromatic N) is 2. The summed E-state index contributed by atoms with van der Waals surface area (Å²) in [6, 6.07) is 13.2. The van der Waals surface area contributed by atoms with Crippen molar-refractivity contribution in [2.45, 2.75) is 6.54 Å². The molecule has 2 amide bonds. The van der Waals surface area contributed by atoms with Crippen LogP contribution in [0.5, 0.6) is 0 Å². The first kappa shape index (κ1) is 18.6. The average molecular weight is 403 g/mol. The van der Waals surface area contributed by atoms with Crippen LogP contribution in [0.1, 0.15) is 5.56 Å². The Morgan fingerprint density at radius 2 is 1.86 bits per heavy atom. The molecule has 0 unspecified atom stereocenters. The lowest BCUT2D eigenvalue weighted by atomic mass is 10.1. The fraction of sp³-hybridized carbons (Fsp3) is 0.0455. The molecule has 7 heteroatoms. The standard InChI is InChI=1S/C22H14FN3O2S/c1-2-11-25-13-14(15-7-3-5-9-18(15)25)12-16-20(27)24-22(29)26(21(16)28)19-10-6-4-8-17(19)23/h1,3-10,12-13H,11H2,(H,24,27,29)/b16-12-. The van der Waals surface area contributed by atoms with E-state index in [9.17, 15) is 14.0 Å². The third kappa shape index (κ3) is 3.20. The SMILES string of the molecule is C#CCn1cc(/C=C2/C(=O)NC(=S)N(c3ccccc3F)C2=O)c2ccccc21. The number of hydrogen-bond acceptors (Lipinski definition) is 3. The first-order valence-corrected chi connectivity index (χ1v) is 9.09. The number of carbonyl (C=O) groups excluding carboxylic acids is 2. The smallest absolute Gasteiger partial charge is 0.270 e. The van der Waals surface area contributed by atoms with Gasteiger partial charge >= 0.3 is 0 Å². The van der Waals surface area contributed by atoms with Crippen molar-refractivity contribution in [3.05, 3.63) is 71.7 Å². The first-order valence-electron chi connectivity index (χ1n) is 8.68. The van der Waals surface area contributed by atoms with Crippen LogP contribution in [0.25, 0.3) is 17.0 Å². The summed E-state index contributed by atoms with van der Waals surface area (Å²) in [4.78, 5) is 26.6. The second-order valence-corrected chi connectivity index (χ2v) is 6.73. The van der Waals surface area contributed by atoms with Gasteiger partial charge in [0.1, 0.15) is 11.4 Å². The third-order valence-corrected chi connectivity index (χ3v) is 4.86. The van der Waals surface area contributed by atoms with Crippen molar-refractivity contribution < 1.29 is 14.0 Å². The number of thiocarbonyl (C=S) groups is 1. The topological polar surface area (TPSA) is 54.3 Å². The van der Waals surface area contributed by atoms with E-state index < -0.39 is 17.6 Å². The quantitative estimate of drug-likeness (QED) is 0.316. The highest BCUT2D eigenvalue weighted by Gasteiger charge is 2.35. The molecule has 4 rings (SSSR count). The second-order valence-electron chi connectivity index (χ2n) is 6.34. The van der Waals surface area contributed by atoms with E-state index in [2.05, 4.69) is 11.2 Å². The van der Waals surface area contributed by atoms with Gasteiger partial charge in [0.05, 0.1) is 12.2 Å². The molecule has 3 aromatic rings. The number of carbonyl (C=O) groups is 2. The summed E-state index contributed by atoms with van der Waals surface area (Å²) < 4.78 is 16.1. The number of anilines is 1. The molecule has 1 N–H and O–H groups in total. The molecule has 1 fully saturated rings. The van der Waals surface area contributed by atoms with Crippen LogP contribution >= 0.6 is 12.2 Å². The monoisotopic (exact) mass is 403 g/mol. The van der Waals surface area contributed by atoms with E-state index in [4.69, 9.17) is 18.6 Å². The number of fused-ring (bicyclic) bond motifs is 1. The van der Waals surface area contributed by atoms with Crippen LogP contribution < -0.4 is 10.2 Å². The predicted molar refractivity (Wildman–Crippen MR) is 113 cm³/mol. The Balaban J connectivity index is 1.83. The van der Waals surface area contributed by atoms with Gasteiger partial charge in [-0.2, -0.15) is 0 Å². The number of hydrogen-bond donors (Lipinski definition) is 1. The van der Waals surface area contributed by atoms with Crippen molar-refractivity contribution in [3.8, 4) is 12.3 Å². The van der Waals surface area contributed by atoms with Crippen LogP contribution in [0, 0.1) is 18.2 Å². The third-order valence-electron chi connectivity index (χ3n) is 4.58. The maximum absolute atomic E-state index is 14.3. The second kappa shape index (κ2) is 7.34. The minimum absolute atomic E-state index is 0.0249. The van der Waals surface area contributed by atoms with Crippen molar-refractivity contribution in [1.29, 1.82) is 0 Å². The summed E-state index contributed by atoms with van der Waals surface area (Å²) in [5.74, 6) is 0.625. The van der Waals surface area contributed by atoms with E-state index in [0.717, 1.165) is 15.8 Å². The number of amides is 2. The Kier molecular flexibility index (Phi) is 4.71. The van der Waals surface area contributed by atoms with Gasteiger partial charge in [-0.25, -0.2) is 9.29 Å². The van der Waals surface area contributed by atoms with E-state index in [-0.39, 0.29) is 16.4 Å². The summed E-state index contributed by atoms with van der Waals surface area (Å²) in [7, 11) is 0. The van der Waals surface area contributed by atoms with Gasteiger partial charge in [-0.15, -0.1) is 6.42 Å². The minimum atomic E-state index is -0.697. The molecule has 1 aromatic heterocycles. The van der Waals surface area contributed by atoms with Gasteiger partial charge in [0.15, 0.2) is 5.11 Å². The molecule has 1 saturated heterocycles. The van der Waals surface area contributed by atoms with Crippen LogP contribution in [0.3, 0.4) is 0 Å². The van der Waals surface area contributed by atoms with Crippen molar-refractivity contribution in [2.24, 2.45) is 0 Å². The van der Waals surface area contributed by atoms with Crippen LogP contribution in [0.4, 0.5) is 10.1 Å². The molecule has 0 saturated carbocycles. The summed E-state index contributed by atoms with van der Waals surface area (Å²) in [5.41, 5.74) is 1.35. The molecule has 1 aliphatic heterocycles. The number of aromatic nitrogens is 1. The van der Waals surface area contributed by atoms with Crippen molar-refractivity contribution in [3.63, 3.8) is 0 Å². The Morgan fingerprint density at radius 1 is 1.14 bits per heavy atom. The van der Waals surface area contributed by atoms with Crippen LogP contribution in [-0.4, -0.2) is 21.5 Å².